The first-order chi connectivity index (χ1) is 4.84. The highest BCUT2D eigenvalue weighted by Gasteiger charge is 1.92. The number of hydrogen-bond acceptors (Lipinski definition) is 2. The van der Waals surface area contributed by atoms with Gasteiger partial charge in [-0.05, 0) is 12.1 Å². The summed E-state index contributed by atoms with van der Waals surface area (Å²) in [5.41, 5.74) is 0.683. The van der Waals surface area contributed by atoms with Crippen LogP contribution in [0, 0.1) is 6.07 Å². The largest absolute Gasteiger partial charge is 0.411 e. The minimum atomic E-state index is 0.528. The average Bonchev–Trinajstić information content (AvgIpc) is 1.94. The van der Waals surface area contributed by atoms with Crippen molar-refractivity contribution in [3.05, 3.63) is 34.9 Å². The number of benzene rings is 1. The minimum Gasteiger partial charge on any atom is -0.411 e. The van der Waals surface area contributed by atoms with Crippen molar-refractivity contribution >= 4 is 17.8 Å². The summed E-state index contributed by atoms with van der Waals surface area (Å²) in [7, 11) is 0. The van der Waals surface area contributed by atoms with Gasteiger partial charge in [0.2, 0.25) is 0 Å². The molecule has 3 heteroatoms. The fraction of sp³-hybridized carbons (Fsp3) is 0. The van der Waals surface area contributed by atoms with E-state index in [9.17, 15) is 0 Å². The van der Waals surface area contributed by atoms with Crippen LogP contribution < -0.4 is 0 Å². The Balaban J connectivity index is 3.03. The molecule has 51 valence electrons. The van der Waals surface area contributed by atoms with Gasteiger partial charge >= 0.3 is 0 Å². The molecule has 0 amide bonds. The molecular weight excluding hydrogens is 150 g/mol. The Morgan fingerprint density at radius 2 is 2.50 bits per heavy atom. The van der Waals surface area contributed by atoms with E-state index in [1.807, 2.05) is 0 Å². The highest BCUT2D eigenvalue weighted by Crippen LogP contribution is 2.11. The third kappa shape index (κ3) is 1.48. The Morgan fingerprint density at radius 1 is 1.70 bits per heavy atom. The Bertz CT molecular complexity index is 247. The highest BCUT2D eigenvalue weighted by atomic mass is 35.5. The lowest BCUT2D eigenvalue weighted by Gasteiger charge is -1.91. The zero-order valence-electron chi connectivity index (χ0n) is 5.08. The lowest BCUT2D eigenvalue weighted by molar-refractivity contribution is 0.322. The second-order valence-electron chi connectivity index (χ2n) is 1.69. The van der Waals surface area contributed by atoms with Crippen LogP contribution >= 0.6 is 11.6 Å². The Morgan fingerprint density at radius 3 is 3.10 bits per heavy atom. The molecule has 1 N–H and O–H groups in total. The number of oxime groups is 1. The molecule has 0 aliphatic carbocycles. The Hall–Kier alpha value is -1.02. The Kier molecular flexibility index (Phi) is 2.29. The predicted molar refractivity (Wildman–Crippen MR) is 39.7 cm³/mol. The van der Waals surface area contributed by atoms with E-state index in [4.69, 9.17) is 16.8 Å². The van der Waals surface area contributed by atoms with Crippen molar-refractivity contribution in [3.63, 3.8) is 0 Å². The summed E-state index contributed by atoms with van der Waals surface area (Å²) in [5, 5.41) is 11.5. The first-order valence-corrected chi connectivity index (χ1v) is 3.05. The van der Waals surface area contributed by atoms with Gasteiger partial charge in [-0.15, -0.1) is 0 Å². The van der Waals surface area contributed by atoms with Crippen LogP contribution in [0.5, 0.6) is 0 Å². The minimum absolute atomic E-state index is 0.528. The summed E-state index contributed by atoms with van der Waals surface area (Å²) in [5.74, 6) is 0. The van der Waals surface area contributed by atoms with Crippen LogP contribution in [0.3, 0.4) is 0 Å². The van der Waals surface area contributed by atoms with Crippen molar-refractivity contribution in [1.29, 1.82) is 0 Å². The van der Waals surface area contributed by atoms with E-state index < -0.39 is 0 Å². The molecule has 0 aromatic heterocycles. The molecule has 0 atom stereocenters. The van der Waals surface area contributed by atoms with Crippen molar-refractivity contribution < 1.29 is 5.21 Å². The molecule has 1 aromatic rings. The molecule has 1 aromatic carbocycles. The summed E-state index contributed by atoms with van der Waals surface area (Å²) in [6, 6.07) is 7.80. The second kappa shape index (κ2) is 3.22. The highest BCUT2D eigenvalue weighted by molar-refractivity contribution is 6.33. The molecule has 2 nitrogen and oxygen atoms in total. The molecule has 1 radical (unpaired) electrons. The van der Waals surface area contributed by atoms with E-state index in [2.05, 4.69) is 11.2 Å². The van der Waals surface area contributed by atoms with Crippen molar-refractivity contribution in [3.8, 4) is 0 Å². The van der Waals surface area contributed by atoms with Crippen molar-refractivity contribution in [2.75, 3.05) is 0 Å². The van der Waals surface area contributed by atoms with Crippen LogP contribution in [0.15, 0.2) is 23.4 Å². The van der Waals surface area contributed by atoms with Crippen molar-refractivity contribution in [1.82, 2.24) is 0 Å². The Labute approximate surface area is 63.7 Å². The van der Waals surface area contributed by atoms with Crippen LogP contribution in [0.1, 0.15) is 5.56 Å². The average molecular weight is 155 g/mol. The van der Waals surface area contributed by atoms with E-state index in [-0.39, 0.29) is 0 Å². The molecule has 0 saturated heterocycles. The van der Waals surface area contributed by atoms with E-state index in [1.54, 1.807) is 18.2 Å². The van der Waals surface area contributed by atoms with Crippen LogP contribution in [-0.4, -0.2) is 11.4 Å². The third-order valence-electron chi connectivity index (χ3n) is 1.04. The van der Waals surface area contributed by atoms with Crippen LogP contribution in [0.25, 0.3) is 0 Å². The second-order valence-corrected chi connectivity index (χ2v) is 2.10. The summed E-state index contributed by atoms with van der Waals surface area (Å²) in [6.45, 7) is 0. The van der Waals surface area contributed by atoms with Crippen LogP contribution in [-0.2, 0) is 0 Å². The summed E-state index contributed by atoms with van der Waals surface area (Å²) in [4.78, 5) is 0. The van der Waals surface area contributed by atoms with E-state index in [0.717, 1.165) is 0 Å². The summed E-state index contributed by atoms with van der Waals surface area (Å²) >= 11 is 5.67. The normalized spacial score (nSPS) is 10.5. The molecule has 0 fully saturated rings. The maximum absolute atomic E-state index is 8.14. The number of rotatable bonds is 1. The molecule has 0 aliphatic heterocycles. The number of halogens is 1. The first kappa shape index (κ1) is 7.09. The summed E-state index contributed by atoms with van der Waals surface area (Å²) < 4.78 is 0. The molecule has 0 saturated carbocycles. The fourth-order valence-electron chi connectivity index (χ4n) is 0.589. The number of nitrogens with zero attached hydrogens (tertiary/aromatic N) is 1. The zero-order chi connectivity index (χ0) is 7.40. The maximum Gasteiger partial charge on any atom is 0.0748 e. The van der Waals surface area contributed by atoms with Gasteiger partial charge in [-0.3, -0.25) is 0 Å². The molecule has 1 rings (SSSR count). The van der Waals surface area contributed by atoms with Gasteiger partial charge in [0, 0.05) is 5.56 Å². The third-order valence-corrected chi connectivity index (χ3v) is 1.37. The van der Waals surface area contributed by atoms with E-state index in [0.29, 0.717) is 10.6 Å². The molecule has 0 aliphatic rings. The first-order valence-electron chi connectivity index (χ1n) is 2.67. The van der Waals surface area contributed by atoms with Crippen LogP contribution in [0.2, 0.25) is 5.02 Å². The lowest BCUT2D eigenvalue weighted by Crippen LogP contribution is -1.80. The molecule has 0 bridgehead atoms. The smallest absolute Gasteiger partial charge is 0.0748 e. The molecular formula is C7H5ClNO. The lowest BCUT2D eigenvalue weighted by atomic mass is 10.2. The van der Waals surface area contributed by atoms with Gasteiger partial charge in [-0.2, -0.15) is 0 Å². The van der Waals surface area contributed by atoms with Crippen molar-refractivity contribution in [2.45, 2.75) is 0 Å². The fourth-order valence-corrected chi connectivity index (χ4v) is 0.764. The van der Waals surface area contributed by atoms with Gasteiger partial charge in [-0.25, -0.2) is 0 Å². The van der Waals surface area contributed by atoms with Gasteiger partial charge < -0.3 is 5.21 Å². The molecule has 0 unspecified atom stereocenters. The summed E-state index contributed by atoms with van der Waals surface area (Å²) in [6.07, 6.45) is 1.27. The standard InChI is InChI=1S/C7H5ClNO/c8-7-4-2-1-3-6(7)5-9-10/h1,3-5,10H. The zero-order valence-corrected chi connectivity index (χ0v) is 5.84. The predicted octanol–water partition coefficient (Wildman–Crippen LogP) is 1.95. The van der Waals surface area contributed by atoms with Gasteiger partial charge in [0.05, 0.1) is 11.2 Å². The topological polar surface area (TPSA) is 32.6 Å². The molecule has 10 heavy (non-hydrogen) atoms. The molecule has 0 heterocycles. The van der Waals surface area contributed by atoms with E-state index in [1.165, 1.54) is 6.21 Å². The van der Waals surface area contributed by atoms with Gasteiger partial charge in [0.1, 0.15) is 0 Å². The SMILES string of the molecule is ON=Cc1cc[c]cc1Cl. The van der Waals surface area contributed by atoms with Gasteiger partial charge in [0.15, 0.2) is 0 Å². The van der Waals surface area contributed by atoms with Crippen LogP contribution in [0.4, 0.5) is 0 Å². The quantitative estimate of drug-likeness (QED) is 0.374. The number of hydrogen-bond donors (Lipinski definition) is 1. The van der Waals surface area contributed by atoms with Crippen molar-refractivity contribution in [2.24, 2.45) is 5.16 Å². The van der Waals surface area contributed by atoms with E-state index >= 15 is 0 Å². The monoisotopic (exact) mass is 154 g/mol. The maximum atomic E-state index is 8.14. The molecule has 0 spiro atoms. The van der Waals surface area contributed by atoms with Gasteiger partial charge in [0.25, 0.3) is 0 Å². The van der Waals surface area contributed by atoms with Gasteiger partial charge in [-0.1, -0.05) is 28.9 Å².